The van der Waals surface area contributed by atoms with Gasteiger partial charge >= 0.3 is 0 Å². The number of carbonyl (C=O) groups is 1. The molecule has 2 aromatic heterocycles. The van der Waals surface area contributed by atoms with Gasteiger partial charge in [-0.2, -0.15) is 0 Å². The number of hydrogen-bond donors (Lipinski definition) is 1. The zero-order valence-electron chi connectivity index (χ0n) is 18.5. The third-order valence-corrected chi connectivity index (χ3v) is 5.89. The number of rotatable bonds is 7. The predicted molar refractivity (Wildman–Crippen MR) is 128 cm³/mol. The highest BCUT2D eigenvalue weighted by Gasteiger charge is 2.30. The molecule has 3 heterocycles. The van der Waals surface area contributed by atoms with E-state index >= 15 is 0 Å². The molecule has 1 amide bonds. The van der Waals surface area contributed by atoms with Gasteiger partial charge in [0.1, 0.15) is 5.69 Å². The lowest BCUT2D eigenvalue weighted by atomic mass is 9.88. The molecule has 1 N–H and O–H groups in total. The number of likely N-dealkylation sites (tertiary alicyclic amines) is 1. The number of hydrogen-bond acceptors (Lipinski definition) is 4. The molecule has 0 radical (unpaired) electrons. The molecule has 1 aliphatic heterocycles. The van der Waals surface area contributed by atoms with Gasteiger partial charge in [-0.15, -0.1) is 0 Å². The quantitative estimate of drug-likeness (QED) is 0.592. The highest BCUT2D eigenvalue weighted by molar-refractivity contribution is 5.92. The molecule has 0 aliphatic carbocycles. The Kier molecular flexibility index (Phi) is 7.41. The van der Waals surface area contributed by atoms with E-state index in [-0.39, 0.29) is 17.9 Å². The zero-order chi connectivity index (χ0) is 22.2. The van der Waals surface area contributed by atoms with Crippen molar-refractivity contribution >= 4 is 12.0 Å². The van der Waals surface area contributed by atoms with E-state index in [0.717, 1.165) is 38.2 Å². The molecule has 5 nitrogen and oxygen atoms in total. The number of nitrogens with one attached hydrogen (secondary N) is 1. The minimum Gasteiger partial charge on any atom is -0.342 e. The van der Waals surface area contributed by atoms with E-state index in [1.54, 1.807) is 18.5 Å². The zero-order valence-corrected chi connectivity index (χ0v) is 18.5. The van der Waals surface area contributed by atoms with E-state index in [9.17, 15) is 4.79 Å². The van der Waals surface area contributed by atoms with Crippen LogP contribution in [0.4, 0.5) is 0 Å². The normalized spacial score (nSPS) is 18.2. The Balaban J connectivity index is 1.48. The third-order valence-electron chi connectivity index (χ3n) is 5.89. The third kappa shape index (κ3) is 5.89. The molecule has 0 saturated carbocycles. The Morgan fingerprint density at radius 1 is 1.06 bits per heavy atom. The van der Waals surface area contributed by atoms with E-state index in [1.807, 2.05) is 36.4 Å². The lowest BCUT2D eigenvalue weighted by Crippen LogP contribution is -2.43. The summed E-state index contributed by atoms with van der Waals surface area (Å²) in [5.41, 5.74) is 3.90. The van der Waals surface area contributed by atoms with Crippen LogP contribution in [-0.4, -0.2) is 40.4 Å². The van der Waals surface area contributed by atoms with Gasteiger partial charge in [0, 0.05) is 25.5 Å². The van der Waals surface area contributed by atoms with Crippen LogP contribution in [-0.2, 0) is 0 Å². The number of nitrogens with zero attached hydrogens (tertiary/aromatic N) is 3. The molecule has 3 aromatic rings. The number of piperidine rings is 1. The Labute approximate surface area is 190 Å². The SMILES string of the molecule is C/C(=C\c1ccccc1)CN1CCC[C@@H]([C@H](NC(=O)c2ccccn2)c2ccccn2)C1. The highest BCUT2D eigenvalue weighted by Crippen LogP contribution is 2.29. The molecule has 4 rings (SSSR count). The standard InChI is InChI=1S/C27H30N4O/c1-21(18-22-10-3-2-4-11-22)19-31-17-9-12-23(20-31)26(24-13-5-7-15-28-24)30-27(32)25-14-6-8-16-29-25/h2-8,10-11,13-16,18,23,26H,9,12,17,19-20H2,1H3,(H,30,32)/b21-18+/t23-,26+/m1/s1. The fraction of sp³-hybridized carbons (Fsp3) is 0.296. The molecule has 1 aromatic carbocycles. The van der Waals surface area contributed by atoms with Crippen LogP contribution in [0.5, 0.6) is 0 Å². The lowest BCUT2D eigenvalue weighted by molar-refractivity contribution is 0.0880. The van der Waals surface area contributed by atoms with E-state index in [2.05, 4.69) is 57.4 Å². The molecule has 0 bridgehead atoms. The topological polar surface area (TPSA) is 58.1 Å². The first kappa shape index (κ1) is 21.9. The van der Waals surface area contributed by atoms with Crippen LogP contribution in [0.3, 0.4) is 0 Å². The van der Waals surface area contributed by atoms with Gasteiger partial charge in [-0.25, -0.2) is 0 Å². The van der Waals surface area contributed by atoms with Crippen LogP contribution in [0.1, 0.15) is 47.6 Å². The van der Waals surface area contributed by atoms with Crippen molar-refractivity contribution < 1.29 is 4.79 Å². The number of aromatic nitrogens is 2. The van der Waals surface area contributed by atoms with Crippen molar-refractivity contribution in [3.63, 3.8) is 0 Å². The van der Waals surface area contributed by atoms with Crippen LogP contribution in [0.25, 0.3) is 6.08 Å². The number of benzene rings is 1. The molecule has 0 spiro atoms. The minimum absolute atomic E-state index is 0.146. The average molecular weight is 427 g/mol. The van der Waals surface area contributed by atoms with Crippen molar-refractivity contribution in [1.82, 2.24) is 20.2 Å². The summed E-state index contributed by atoms with van der Waals surface area (Å²) < 4.78 is 0. The first-order chi connectivity index (χ1) is 15.7. The summed E-state index contributed by atoms with van der Waals surface area (Å²) in [6, 6.07) is 21.6. The summed E-state index contributed by atoms with van der Waals surface area (Å²) >= 11 is 0. The van der Waals surface area contributed by atoms with Crippen molar-refractivity contribution in [3.8, 4) is 0 Å². The molecular formula is C27H30N4O. The van der Waals surface area contributed by atoms with Gasteiger partial charge in [-0.05, 0) is 62.1 Å². The first-order valence-electron chi connectivity index (χ1n) is 11.3. The average Bonchev–Trinajstić information content (AvgIpc) is 2.84. The molecule has 5 heteroatoms. The molecule has 1 fully saturated rings. The number of pyridine rings is 2. The molecule has 1 aliphatic rings. The van der Waals surface area contributed by atoms with Gasteiger partial charge in [-0.3, -0.25) is 19.7 Å². The van der Waals surface area contributed by atoms with Gasteiger partial charge in [0.05, 0.1) is 11.7 Å². The van der Waals surface area contributed by atoms with Crippen molar-refractivity contribution in [1.29, 1.82) is 0 Å². The van der Waals surface area contributed by atoms with Crippen molar-refractivity contribution in [2.24, 2.45) is 5.92 Å². The second-order valence-electron chi connectivity index (χ2n) is 8.46. The Morgan fingerprint density at radius 2 is 1.81 bits per heavy atom. The van der Waals surface area contributed by atoms with Gasteiger partial charge in [0.2, 0.25) is 0 Å². The van der Waals surface area contributed by atoms with Crippen LogP contribution in [0.15, 0.2) is 84.7 Å². The van der Waals surface area contributed by atoms with Crippen LogP contribution in [0.2, 0.25) is 0 Å². The van der Waals surface area contributed by atoms with Crippen LogP contribution in [0, 0.1) is 5.92 Å². The maximum absolute atomic E-state index is 12.9. The summed E-state index contributed by atoms with van der Waals surface area (Å²) in [5.74, 6) is 0.134. The van der Waals surface area contributed by atoms with E-state index in [0.29, 0.717) is 5.69 Å². The predicted octanol–water partition coefficient (Wildman–Crippen LogP) is 4.76. The highest BCUT2D eigenvalue weighted by atomic mass is 16.1. The number of carbonyl (C=O) groups excluding carboxylic acids is 1. The van der Waals surface area contributed by atoms with Gasteiger partial charge in [0.25, 0.3) is 5.91 Å². The summed E-state index contributed by atoms with van der Waals surface area (Å²) in [5, 5.41) is 3.23. The van der Waals surface area contributed by atoms with Gasteiger partial charge in [0.15, 0.2) is 0 Å². The second kappa shape index (κ2) is 10.8. The largest absolute Gasteiger partial charge is 0.342 e. The Hall–Kier alpha value is -3.31. The molecule has 32 heavy (non-hydrogen) atoms. The van der Waals surface area contributed by atoms with E-state index < -0.39 is 0 Å². The summed E-state index contributed by atoms with van der Waals surface area (Å²) in [6.07, 6.45) is 7.86. The van der Waals surface area contributed by atoms with Crippen molar-refractivity contribution in [2.75, 3.05) is 19.6 Å². The molecule has 164 valence electrons. The van der Waals surface area contributed by atoms with Gasteiger partial charge in [-0.1, -0.05) is 54.1 Å². The summed E-state index contributed by atoms with van der Waals surface area (Å²) in [7, 11) is 0. The van der Waals surface area contributed by atoms with Crippen molar-refractivity contribution in [2.45, 2.75) is 25.8 Å². The summed E-state index contributed by atoms with van der Waals surface area (Å²) in [4.78, 5) is 24.2. The molecule has 2 atom stereocenters. The number of amides is 1. The first-order valence-corrected chi connectivity index (χ1v) is 11.3. The Bertz CT molecular complexity index is 1020. The lowest BCUT2D eigenvalue weighted by Gasteiger charge is -2.37. The monoisotopic (exact) mass is 426 g/mol. The Morgan fingerprint density at radius 3 is 2.53 bits per heavy atom. The van der Waals surface area contributed by atoms with Crippen LogP contribution < -0.4 is 5.32 Å². The smallest absolute Gasteiger partial charge is 0.270 e. The molecule has 1 saturated heterocycles. The fourth-order valence-electron chi connectivity index (χ4n) is 4.44. The summed E-state index contributed by atoms with van der Waals surface area (Å²) in [6.45, 7) is 5.10. The van der Waals surface area contributed by atoms with E-state index in [1.165, 1.54) is 11.1 Å². The maximum Gasteiger partial charge on any atom is 0.270 e. The van der Waals surface area contributed by atoms with E-state index in [4.69, 9.17) is 0 Å². The van der Waals surface area contributed by atoms with Crippen LogP contribution >= 0.6 is 0 Å². The fourth-order valence-corrected chi connectivity index (χ4v) is 4.44. The molecular weight excluding hydrogens is 396 g/mol. The van der Waals surface area contributed by atoms with Crippen molar-refractivity contribution in [3.05, 3.63) is 102 Å². The second-order valence-corrected chi connectivity index (χ2v) is 8.46. The maximum atomic E-state index is 12.9. The molecule has 0 unspecified atom stereocenters. The van der Waals surface area contributed by atoms with Gasteiger partial charge < -0.3 is 5.32 Å². The minimum atomic E-state index is -0.154.